The first-order chi connectivity index (χ1) is 16.4. The molecule has 1 aliphatic heterocycles. The quantitative estimate of drug-likeness (QED) is 0.536. The minimum Gasteiger partial charge on any atom is -0.490 e. The molecule has 0 unspecified atom stereocenters. The van der Waals surface area contributed by atoms with Gasteiger partial charge in [-0.2, -0.15) is 10.4 Å². The number of fused-ring (bicyclic) bond motifs is 1. The fourth-order valence-electron chi connectivity index (χ4n) is 4.00. The van der Waals surface area contributed by atoms with Gasteiger partial charge < -0.3 is 24.7 Å². The summed E-state index contributed by atoms with van der Waals surface area (Å²) in [4.78, 5) is 20.8. The van der Waals surface area contributed by atoms with Crippen molar-refractivity contribution in [2.45, 2.75) is 20.0 Å². The van der Waals surface area contributed by atoms with Crippen LogP contribution in [0.5, 0.6) is 5.75 Å². The Morgan fingerprint density at radius 3 is 2.62 bits per heavy atom. The first-order valence-corrected chi connectivity index (χ1v) is 11.3. The van der Waals surface area contributed by atoms with Crippen LogP contribution in [0.2, 0.25) is 0 Å². The fourth-order valence-corrected chi connectivity index (χ4v) is 4.00. The highest BCUT2D eigenvalue weighted by Crippen LogP contribution is 2.31. The van der Waals surface area contributed by atoms with E-state index in [1.54, 1.807) is 21.8 Å². The maximum absolute atomic E-state index is 12.4. The first kappa shape index (κ1) is 23.5. The zero-order chi connectivity index (χ0) is 24.2. The van der Waals surface area contributed by atoms with Crippen molar-refractivity contribution in [3.63, 3.8) is 0 Å². The number of hydrogen-bond acceptors (Lipinski definition) is 8. The van der Waals surface area contributed by atoms with Gasteiger partial charge in [-0.15, -0.1) is 0 Å². The standard InChI is InChI=1S/C24H28N6O4/c1-16(2)23(32)24(33)29-7-5-28(6-8-29)21-4-3-17(13-26-21)20-11-19(34-10-9-31)15-30-22(20)18(12-25)14-27-30/h3-4,11,13-16,23,31-32H,5-10H2,1-2H3/t23-/m1/s1. The van der Waals surface area contributed by atoms with Crippen molar-refractivity contribution in [3.8, 4) is 22.9 Å². The van der Waals surface area contributed by atoms with Gasteiger partial charge >= 0.3 is 0 Å². The van der Waals surface area contributed by atoms with Gasteiger partial charge in [0.2, 0.25) is 0 Å². The Labute approximate surface area is 197 Å². The largest absolute Gasteiger partial charge is 0.490 e. The summed E-state index contributed by atoms with van der Waals surface area (Å²) in [5, 5.41) is 32.9. The van der Waals surface area contributed by atoms with Gasteiger partial charge in [-0.05, 0) is 24.1 Å². The third kappa shape index (κ3) is 4.66. The summed E-state index contributed by atoms with van der Waals surface area (Å²) in [6.45, 7) is 6.00. The van der Waals surface area contributed by atoms with Gasteiger partial charge in [-0.3, -0.25) is 4.79 Å². The number of aromatic nitrogens is 3. The number of nitrogens with zero attached hydrogens (tertiary/aromatic N) is 6. The number of carbonyl (C=O) groups is 1. The van der Waals surface area contributed by atoms with Crippen LogP contribution in [0, 0.1) is 17.2 Å². The van der Waals surface area contributed by atoms with Crippen LogP contribution in [-0.4, -0.2) is 81.1 Å². The average Bonchev–Trinajstić information content (AvgIpc) is 3.29. The summed E-state index contributed by atoms with van der Waals surface area (Å²) < 4.78 is 7.17. The van der Waals surface area contributed by atoms with Gasteiger partial charge in [-0.25, -0.2) is 9.50 Å². The summed E-state index contributed by atoms with van der Waals surface area (Å²) in [5.41, 5.74) is 2.65. The molecular weight excluding hydrogens is 436 g/mol. The van der Waals surface area contributed by atoms with E-state index < -0.39 is 6.10 Å². The monoisotopic (exact) mass is 464 g/mol. The Kier molecular flexibility index (Phi) is 6.95. The van der Waals surface area contributed by atoms with E-state index in [1.165, 1.54) is 6.20 Å². The zero-order valence-electron chi connectivity index (χ0n) is 19.3. The Morgan fingerprint density at radius 2 is 2.00 bits per heavy atom. The molecule has 1 fully saturated rings. The molecule has 1 aliphatic rings. The fraction of sp³-hybridized carbons (Fsp3) is 0.417. The molecular formula is C24H28N6O4. The van der Waals surface area contributed by atoms with Crippen LogP contribution >= 0.6 is 0 Å². The van der Waals surface area contributed by atoms with Gasteiger partial charge in [-0.1, -0.05) is 13.8 Å². The molecule has 178 valence electrons. The molecule has 10 heteroatoms. The highest BCUT2D eigenvalue weighted by molar-refractivity contribution is 5.85. The molecule has 10 nitrogen and oxygen atoms in total. The highest BCUT2D eigenvalue weighted by atomic mass is 16.5. The molecule has 1 saturated heterocycles. The second-order valence-corrected chi connectivity index (χ2v) is 8.53. The van der Waals surface area contributed by atoms with Gasteiger partial charge in [0.25, 0.3) is 5.91 Å². The van der Waals surface area contributed by atoms with Crippen molar-refractivity contribution < 1.29 is 19.7 Å². The number of aliphatic hydroxyl groups is 2. The number of amides is 1. The minimum atomic E-state index is -0.972. The molecule has 0 bridgehead atoms. The van der Waals surface area contributed by atoms with Crippen LogP contribution in [-0.2, 0) is 4.79 Å². The maximum atomic E-state index is 12.4. The Hall–Kier alpha value is -3.68. The second kappa shape index (κ2) is 10.1. The molecule has 4 rings (SSSR count). The lowest BCUT2D eigenvalue weighted by atomic mass is 10.0. The van der Waals surface area contributed by atoms with E-state index in [0.717, 1.165) is 16.9 Å². The average molecular weight is 465 g/mol. The number of pyridine rings is 2. The van der Waals surface area contributed by atoms with E-state index in [4.69, 9.17) is 9.84 Å². The zero-order valence-corrected chi connectivity index (χ0v) is 19.3. The first-order valence-electron chi connectivity index (χ1n) is 11.3. The summed E-state index contributed by atoms with van der Waals surface area (Å²) in [6.07, 6.45) is 3.95. The molecule has 1 amide bonds. The van der Waals surface area contributed by atoms with Gasteiger partial charge in [0.05, 0.1) is 30.1 Å². The summed E-state index contributed by atoms with van der Waals surface area (Å²) in [5.74, 6) is 0.978. The number of rotatable bonds is 7. The number of anilines is 1. The predicted molar refractivity (Wildman–Crippen MR) is 125 cm³/mol. The Morgan fingerprint density at radius 1 is 1.24 bits per heavy atom. The lowest BCUT2D eigenvalue weighted by Gasteiger charge is -2.36. The Balaban J connectivity index is 1.54. The summed E-state index contributed by atoms with van der Waals surface area (Å²) >= 11 is 0. The van der Waals surface area contributed by atoms with Crippen LogP contribution in [0.4, 0.5) is 5.82 Å². The molecule has 0 aromatic carbocycles. The third-order valence-electron chi connectivity index (χ3n) is 5.93. The molecule has 3 aromatic heterocycles. The molecule has 2 N–H and O–H groups in total. The van der Waals surface area contributed by atoms with Crippen molar-refractivity contribution >= 4 is 17.2 Å². The van der Waals surface area contributed by atoms with Gasteiger partial charge in [0.15, 0.2) is 0 Å². The number of carbonyl (C=O) groups excluding carboxylic acids is 1. The van der Waals surface area contributed by atoms with Crippen molar-refractivity contribution in [2.75, 3.05) is 44.3 Å². The van der Waals surface area contributed by atoms with Crippen LogP contribution in [0.1, 0.15) is 19.4 Å². The van der Waals surface area contributed by atoms with Gasteiger partial charge in [0, 0.05) is 43.5 Å². The summed E-state index contributed by atoms with van der Waals surface area (Å²) in [6, 6.07) is 7.83. The molecule has 0 aliphatic carbocycles. The number of ether oxygens (including phenoxy) is 1. The second-order valence-electron chi connectivity index (χ2n) is 8.53. The van der Waals surface area contributed by atoms with Gasteiger partial charge in [0.1, 0.15) is 30.3 Å². The topological polar surface area (TPSA) is 127 Å². The van der Waals surface area contributed by atoms with Crippen LogP contribution in [0.15, 0.2) is 36.8 Å². The molecule has 3 aromatic rings. The predicted octanol–water partition coefficient (Wildman–Crippen LogP) is 1.30. The van der Waals surface area contributed by atoms with E-state index in [9.17, 15) is 15.2 Å². The molecule has 0 spiro atoms. The summed E-state index contributed by atoms with van der Waals surface area (Å²) in [7, 11) is 0. The lowest BCUT2D eigenvalue weighted by molar-refractivity contribution is -0.142. The van der Waals surface area contributed by atoms with Crippen LogP contribution in [0.25, 0.3) is 16.6 Å². The maximum Gasteiger partial charge on any atom is 0.251 e. The van der Waals surface area contributed by atoms with Crippen molar-refractivity contribution in [1.82, 2.24) is 19.5 Å². The van der Waals surface area contributed by atoms with Crippen molar-refractivity contribution in [3.05, 3.63) is 42.4 Å². The van der Waals surface area contributed by atoms with E-state index in [1.807, 2.05) is 32.0 Å². The SMILES string of the molecule is CC(C)[C@@H](O)C(=O)N1CCN(c2ccc(-c3cc(OCCO)cn4ncc(C#N)c34)cn2)CC1. The van der Waals surface area contributed by atoms with Crippen molar-refractivity contribution in [2.24, 2.45) is 5.92 Å². The molecule has 0 saturated carbocycles. The van der Waals surface area contributed by atoms with Crippen LogP contribution in [0.3, 0.4) is 0 Å². The van der Waals surface area contributed by atoms with E-state index in [2.05, 4.69) is 21.1 Å². The smallest absolute Gasteiger partial charge is 0.251 e. The minimum absolute atomic E-state index is 0.110. The van der Waals surface area contributed by atoms with E-state index in [-0.39, 0.29) is 25.0 Å². The number of aliphatic hydroxyl groups excluding tert-OH is 2. The number of piperazine rings is 1. The third-order valence-corrected chi connectivity index (χ3v) is 5.93. The Bertz CT molecular complexity index is 1190. The molecule has 0 radical (unpaired) electrons. The molecule has 1 atom stereocenters. The van der Waals surface area contributed by atoms with Crippen LogP contribution < -0.4 is 9.64 Å². The lowest BCUT2D eigenvalue weighted by Crippen LogP contribution is -2.52. The van der Waals surface area contributed by atoms with E-state index >= 15 is 0 Å². The number of hydrogen-bond donors (Lipinski definition) is 2. The highest BCUT2D eigenvalue weighted by Gasteiger charge is 2.28. The van der Waals surface area contributed by atoms with E-state index in [0.29, 0.717) is 43.0 Å². The molecule has 4 heterocycles. The normalized spacial score (nSPS) is 14.9. The van der Waals surface area contributed by atoms with Crippen molar-refractivity contribution in [1.29, 1.82) is 5.26 Å². The number of nitriles is 1. The molecule has 34 heavy (non-hydrogen) atoms.